The van der Waals surface area contributed by atoms with Crippen molar-refractivity contribution in [2.45, 2.75) is 18.7 Å². The standard InChI is InChI=1S/C23H23N3O4S/c1-17-12-14-20(15-13-17)31(29,30)26(19-8-4-3-5-9-19)16-23(28)25-24-18(2)21-10-6-7-11-22(21)27/h3-15,27H,16H2,1-2H3,(H,25,28)/b24-18-. The molecule has 3 rings (SSSR count). The van der Waals surface area contributed by atoms with Crippen LogP contribution in [0.4, 0.5) is 5.69 Å². The predicted octanol–water partition coefficient (Wildman–Crippen LogP) is 3.44. The number of sulfonamides is 1. The average molecular weight is 438 g/mol. The van der Waals surface area contributed by atoms with Gasteiger partial charge < -0.3 is 5.11 Å². The molecule has 0 bridgehead atoms. The molecule has 0 unspecified atom stereocenters. The van der Waals surface area contributed by atoms with Gasteiger partial charge >= 0.3 is 0 Å². The highest BCUT2D eigenvalue weighted by Gasteiger charge is 2.27. The zero-order valence-electron chi connectivity index (χ0n) is 17.2. The maximum Gasteiger partial charge on any atom is 0.264 e. The van der Waals surface area contributed by atoms with Gasteiger partial charge in [-0.1, -0.05) is 48.0 Å². The second kappa shape index (κ2) is 9.44. The van der Waals surface area contributed by atoms with E-state index < -0.39 is 22.5 Å². The Morgan fingerprint density at radius 1 is 0.968 bits per heavy atom. The number of nitrogens with zero attached hydrogens (tertiary/aromatic N) is 2. The van der Waals surface area contributed by atoms with Gasteiger partial charge in [0.05, 0.1) is 16.3 Å². The number of phenolic OH excluding ortho intramolecular Hbond substituents is 1. The van der Waals surface area contributed by atoms with Crippen molar-refractivity contribution in [2.75, 3.05) is 10.8 Å². The number of para-hydroxylation sites is 2. The predicted molar refractivity (Wildman–Crippen MR) is 121 cm³/mol. The molecule has 160 valence electrons. The summed E-state index contributed by atoms with van der Waals surface area (Å²) in [6, 6.07) is 21.4. The number of carbonyl (C=O) groups is 1. The Morgan fingerprint density at radius 3 is 2.23 bits per heavy atom. The molecular weight excluding hydrogens is 414 g/mol. The maximum absolute atomic E-state index is 13.3. The van der Waals surface area contributed by atoms with E-state index in [0.717, 1.165) is 9.87 Å². The Bertz CT molecular complexity index is 1190. The molecule has 3 aromatic carbocycles. The first kappa shape index (κ1) is 22.0. The van der Waals surface area contributed by atoms with Gasteiger partial charge in [-0.25, -0.2) is 13.8 Å². The average Bonchev–Trinajstić information content (AvgIpc) is 2.77. The number of hydrogen-bond donors (Lipinski definition) is 2. The van der Waals surface area contributed by atoms with Crippen molar-refractivity contribution in [3.05, 3.63) is 90.0 Å². The van der Waals surface area contributed by atoms with Crippen LogP contribution in [0.1, 0.15) is 18.1 Å². The third kappa shape index (κ3) is 5.29. The summed E-state index contributed by atoms with van der Waals surface area (Å²) in [5.41, 5.74) is 4.52. The second-order valence-electron chi connectivity index (χ2n) is 6.91. The van der Waals surface area contributed by atoms with E-state index in [-0.39, 0.29) is 10.6 Å². The van der Waals surface area contributed by atoms with Crippen molar-refractivity contribution in [2.24, 2.45) is 5.10 Å². The van der Waals surface area contributed by atoms with Crippen molar-refractivity contribution < 1.29 is 18.3 Å². The number of nitrogens with one attached hydrogen (secondary N) is 1. The fourth-order valence-electron chi connectivity index (χ4n) is 2.90. The van der Waals surface area contributed by atoms with Gasteiger partial charge in [0.25, 0.3) is 15.9 Å². The number of phenols is 1. The second-order valence-corrected chi connectivity index (χ2v) is 8.77. The molecule has 3 aromatic rings. The van der Waals surface area contributed by atoms with Crippen LogP contribution < -0.4 is 9.73 Å². The Kier molecular flexibility index (Phi) is 6.71. The lowest BCUT2D eigenvalue weighted by Crippen LogP contribution is -2.39. The molecule has 0 aliphatic heterocycles. The van der Waals surface area contributed by atoms with E-state index in [2.05, 4.69) is 10.5 Å². The van der Waals surface area contributed by atoms with E-state index in [1.165, 1.54) is 18.2 Å². The summed E-state index contributed by atoms with van der Waals surface area (Å²) in [7, 11) is -3.98. The number of aromatic hydroxyl groups is 1. The first-order valence-electron chi connectivity index (χ1n) is 9.55. The van der Waals surface area contributed by atoms with Gasteiger partial charge in [0.1, 0.15) is 12.3 Å². The zero-order valence-corrected chi connectivity index (χ0v) is 18.0. The zero-order chi connectivity index (χ0) is 22.4. The summed E-state index contributed by atoms with van der Waals surface area (Å²) in [5.74, 6) is -0.583. The lowest BCUT2D eigenvalue weighted by atomic mass is 10.1. The number of hydrazone groups is 1. The molecule has 0 saturated heterocycles. The van der Waals surface area contributed by atoms with Gasteiger partial charge in [0.15, 0.2) is 0 Å². The number of amides is 1. The minimum atomic E-state index is -3.98. The smallest absolute Gasteiger partial charge is 0.264 e. The maximum atomic E-state index is 13.3. The molecule has 0 heterocycles. The van der Waals surface area contributed by atoms with Crippen LogP contribution in [-0.2, 0) is 14.8 Å². The van der Waals surface area contributed by atoms with Crippen molar-refractivity contribution in [3.63, 3.8) is 0 Å². The highest BCUT2D eigenvalue weighted by Crippen LogP contribution is 2.23. The van der Waals surface area contributed by atoms with Crippen LogP contribution in [0, 0.1) is 6.92 Å². The molecule has 1 amide bonds. The number of aryl methyl sites for hydroxylation is 1. The van der Waals surface area contributed by atoms with Crippen LogP contribution in [0.3, 0.4) is 0 Å². The third-order valence-electron chi connectivity index (χ3n) is 4.58. The van der Waals surface area contributed by atoms with Crippen molar-refractivity contribution >= 4 is 27.3 Å². The topological polar surface area (TPSA) is 99.1 Å². The molecule has 0 fully saturated rings. The number of rotatable bonds is 7. The van der Waals surface area contributed by atoms with Crippen LogP contribution >= 0.6 is 0 Å². The molecule has 31 heavy (non-hydrogen) atoms. The number of carbonyl (C=O) groups excluding carboxylic acids is 1. The quantitative estimate of drug-likeness (QED) is 0.437. The number of anilines is 1. The van der Waals surface area contributed by atoms with E-state index in [0.29, 0.717) is 17.0 Å². The molecule has 0 spiro atoms. The largest absolute Gasteiger partial charge is 0.507 e. The van der Waals surface area contributed by atoms with Crippen molar-refractivity contribution in [3.8, 4) is 5.75 Å². The molecule has 2 N–H and O–H groups in total. The highest BCUT2D eigenvalue weighted by atomic mass is 32.2. The highest BCUT2D eigenvalue weighted by molar-refractivity contribution is 7.92. The first-order valence-corrected chi connectivity index (χ1v) is 11.0. The lowest BCUT2D eigenvalue weighted by molar-refractivity contribution is -0.119. The van der Waals surface area contributed by atoms with Crippen LogP contribution in [-0.4, -0.2) is 31.7 Å². The van der Waals surface area contributed by atoms with E-state index >= 15 is 0 Å². The fraction of sp³-hybridized carbons (Fsp3) is 0.130. The minimum absolute atomic E-state index is 0.0332. The van der Waals surface area contributed by atoms with Gasteiger partial charge in [0.2, 0.25) is 0 Å². The first-order chi connectivity index (χ1) is 14.8. The summed E-state index contributed by atoms with van der Waals surface area (Å²) < 4.78 is 27.6. The lowest BCUT2D eigenvalue weighted by Gasteiger charge is -2.23. The fourth-order valence-corrected chi connectivity index (χ4v) is 4.32. The van der Waals surface area contributed by atoms with E-state index in [4.69, 9.17) is 0 Å². The van der Waals surface area contributed by atoms with Crippen LogP contribution in [0.25, 0.3) is 0 Å². The Hall–Kier alpha value is -3.65. The molecular formula is C23H23N3O4S. The van der Waals surface area contributed by atoms with E-state index in [9.17, 15) is 18.3 Å². The Morgan fingerprint density at radius 2 is 1.58 bits per heavy atom. The van der Waals surface area contributed by atoms with E-state index in [1.807, 2.05) is 6.92 Å². The normalized spacial score (nSPS) is 11.7. The van der Waals surface area contributed by atoms with Gasteiger partial charge in [-0.15, -0.1) is 0 Å². The minimum Gasteiger partial charge on any atom is -0.507 e. The molecule has 0 saturated carbocycles. The molecule has 7 nitrogen and oxygen atoms in total. The van der Waals surface area contributed by atoms with Crippen LogP contribution in [0.5, 0.6) is 5.75 Å². The summed E-state index contributed by atoms with van der Waals surface area (Å²) in [5, 5.41) is 13.9. The van der Waals surface area contributed by atoms with E-state index in [1.54, 1.807) is 67.6 Å². The molecule has 0 atom stereocenters. The van der Waals surface area contributed by atoms with Gasteiger partial charge in [0, 0.05) is 5.56 Å². The van der Waals surface area contributed by atoms with Crippen molar-refractivity contribution in [1.82, 2.24) is 5.43 Å². The van der Waals surface area contributed by atoms with Crippen LogP contribution in [0.2, 0.25) is 0 Å². The Balaban J connectivity index is 1.86. The van der Waals surface area contributed by atoms with Crippen molar-refractivity contribution in [1.29, 1.82) is 0 Å². The van der Waals surface area contributed by atoms with Gasteiger partial charge in [-0.05, 0) is 50.2 Å². The molecule has 0 aliphatic rings. The monoisotopic (exact) mass is 437 g/mol. The number of hydrogen-bond acceptors (Lipinski definition) is 5. The molecule has 8 heteroatoms. The van der Waals surface area contributed by atoms with Gasteiger partial charge in [-0.2, -0.15) is 5.10 Å². The molecule has 0 radical (unpaired) electrons. The summed E-state index contributed by atoms with van der Waals surface area (Å²) in [6.45, 7) is 3.04. The molecule has 0 aromatic heterocycles. The third-order valence-corrected chi connectivity index (χ3v) is 6.37. The Labute approximate surface area is 181 Å². The van der Waals surface area contributed by atoms with Gasteiger partial charge in [-0.3, -0.25) is 9.10 Å². The number of benzene rings is 3. The van der Waals surface area contributed by atoms with Crippen LogP contribution in [0.15, 0.2) is 88.9 Å². The SMILES string of the molecule is C/C(=N/NC(=O)CN(c1ccccc1)S(=O)(=O)c1ccc(C)cc1)c1ccccc1O. The summed E-state index contributed by atoms with van der Waals surface area (Å²) >= 11 is 0. The molecule has 0 aliphatic carbocycles. The summed E-state index contributed by atoms with van der Waals surface area (Å²) in [6.07, 6.45) is 0. The summed E-state index contributed by atoms with van der Waals surface area (Å²) in [4.78, 5) is 12.7.